The number of fused-ring (bicyclic) bond motifs is 2. The quantitative estimate of drug-likeness (QED) is 0.895. The van der Waals surface area contributed by atoms with Crippen molar-refractivity contribution in [1.29, 1.82) is 0 Å². The zero-order valence-electron chi connectivity index (χ0n) is 14.2. The van der Waals surface area contributed by atoms with Gasteiger partial charge in [0.1, 0.15) is 5.60 Å². The Morgan fingerprint density at radius 1 is 1.42 bits per heavy atom. The molecule has 0 aliphatic carbocycles. The van der Waals surface area contributed by atoms with Crippen molar-refractivity contribution in [2.45, 2.75) is 38.2 Å². The number of rotatable bonds is 2. The van der Waals surface area contributed by atoms with Crippen molar-refractivity contribution in [1.82, 2.24) is 24.9 Å². The molecule has 1 saturated heterocycles. The number of likely N-dealkylation sites (tertiary alicyclic amines) is 1. The first-order valence-electron chi connectivity index (χ1n) is 8.51. The predicted molar refractivity (Wildman–Crippen MR) is 87.4 cm³/mol. The highest BCUT2D eigenvalue weighted by Crippen LogP contribution is 2.40. The van der Waals surface area contributed by atoms with E-state index in [-0.39, 0.29) is 11.5 Å². The molecular formula is C17H23N5O2. The summed E-state index contributed by atoms with van der Waals surface area (Å²) in [5, 5.41) is 11.6. The Morgan fingerprint density at radius 2 is 2.21 bits per heavy atom. The van der Waals surface area contributed by atoms with Crippen molar-refractivity contribution in [2.24, 2.45) is 7.05 Å². The first-order chi connectivity index (χ1) is 11.6. The lowest BCUT2D eigenvalue weighted by Crippen LogP contribution is -2.48. The van der Waals surface area contributed by atoms with Crippen molar-refractivity contribution in [3.05, 3.63) is 34.9 Å². The van der Waals surface area contributed by atoms with E-state index in [4.69, 9.17) is 4.74 Å². The number of nitrogens with zero attached hydrogens (tertiary/aromatic N) is 4. The summed E-state index contributed by atoms with van der Waals surface area (Å²) in [5.41, 5.74) is 4.02. The van der Waals surface area contributed by atoms with Gasteiger partial charge in [-0.3, -0.25) is 14.6 Å². The number of hydrogen-bond acceptors (Lipinski definition) is 4. The van der Waals surface area contributed by atoms with Crippen molar-refractivity contribution in [3.8, 4) is 0 Å². The number of ether oxygens (including phenoxy) is 1. The summed E-state index contributed by atoms with van der Waals surface area (Å²) in [7, 11) is 1.88. The van der Waals surface area contributed by atoms with E-state index in [1.165, 1.54) is 5.56 Å². The highest BCUT2D eigenvalue weighted by Gasteiger charge is 2.43. The molecule has 7 heteroatoms. The second-order valence-electron chi connectivity index (χ2n) is 6.83. The third-order valence-electron chi connectivity index (χ3n) is 5.30. The fraction of sp³-hybridized carbons (Fsp3) is 0.588. The van der Waals surface area contributed by atoms with E-state index < -0.39 is 0 Å². The molecule has 0 unspecified atom stereocenters. The van der Waals surface area contributed by atoms with E-state index in [0.29, 0.717) is 6.42 Å². The Kier molecular flexibility index (Phi) is 3.68. The van der Waals surface area contributed by atoms with Crippen LogP contribution in [0.4, 0.5) is 0 Å². The molecule has 128 valence electrons. The fourth-order valence-corrected chi connectivity index (χ4v) is 3.93. The zero-order valence-corrected chi connectivity index (χ0v) is 14.2. The number of hydrogen-bond donors (Lipinski definition) is 1. The minimum atomic E-state index is -0.287. The number of carbonyl (C=O) groups is 1. The molecule has 2 aromatic heterocycles. The maximum atomic E-state index is 12.6. The summed E-state index contributed by atoms with van der Waals surface area (Å²) in [6.07, 6.45) is 6.81. The molecule has 1 spiro atoms. The van der Waals surface area contributed by atoms with Gasteiger partial charge in [-0.2, -0.15) is 10.2 Å². The van der Waals surface area contributed by atoms with Gasteiger partial charge in [0, 0.05) is 31.9 Å². The summed E-state index contributed by atoms with van der Waals surface area (Å²) in [6, 6.07) is 0. The van der Waals surface area contributed by atoms with Gasteiger partial charge in [-0.1, -0.05) is 0 Å². The third-order valence-corrected chi connectivity index (χ3v) is 5.30. The van der Waals surface area contributed by atoms with Crippen LogP contribution in [0.3, 0.4) is 0 Å². The van der Waals surface area contributed by atoms with Crippen LogP contribution in [0, 0.1) is 6.92 Å². The minimum absolute atomic E-state index is 0.168. The minimum Gasteiger partial charge on any atom is -0.368 e. The number of carbonyl (C=O) groups excluding carboxylic acids is 1. The van der Waals surface area contributed by atoms with Crippen molar-refractivity contribution < 1.29 is 9.53 Å². The normalized spacial score (nSPS) is 19.5. The summed E-state index contributed by atoms with van der Waals surface area (Å²) < 4.78 is 7.90. The molecule has 0 radical (unpaired) electrons. The molecule has 7 nitrogen and oxygen atoms in total. The third kappa shape index (κ3) is 2.53. The first kappa shape index (κ1) is 15.4. The highest BCUT2D eigenvalue weighted by molar-refractivity contribution is 5.79. The van der Waals surface area contributed by atoms with Crippen LogP contribution >= 0.6 is 0 Å². The van der Waals surface area contributed by atoms with Crippen molar-refractivity contribution >= 4 is 5.91 Å². The van der Waals surface area contributed by atoms with Crippen LogP contribution < -0.4 is 0 Å². The van der Waals surface area contributed by atoms with Crippen molar-refractivity contribution in [3.63, 3.8) is 0 Å². The van der Waals surface area contributed by atoms with Crippen LogP contribution in [0.5, 0.6) is 0 Å². The number of amides is 1. The smallest absolute Gasteiger partial charge is 0.227 e. The molecule has 1 amide bonds. The maximum Gasteiger partial charge on any atom is 0.227 e. The Bertz CT molecular complexity index is 755. The second-order valence-corrected chi connectivity index (χ2v) is 6.83. The predicted octanol–water partition coefficient (Wildman–Crippen LogP) is 1.08. The van der Waals surface area contributed by atoms with Crippen LogP contribution in [0.1, 0.15) is 35.4 Å². The van der Waals surface area contributed by atoms with Gasteiger partial charge in [-0.05, 0) is 31.7 Å². The number of aromatic nitrogens is 4. The van der Waals surface area contributed by atoms with E-state index >= 15 is 0 Å². The summed E-state index contributed by atoms with van der Waals surface area (Å²) >= 11 is 0. The van der Waals surface area contributed by atoms with E-state index in [0.717, 1.165) is 55.9 Å². The van der Waals surface area contributed by atoms with Gasteiger partial charge in [0.25, 0.3) is 0 Å². The van der Waals surface area contributed by atoms with Crippen molar-refractivity contribution in [2.75, 3.05) is 19.7 Å². The average molecular weight is 329 g/mol. The molecule has 0 bridgehead atoms. The average Bonchev–Trinajstić information content (AvgIpc) is 3.16. The Morgan fingerprint density at radius 3 is 2.92 bits per heavy atom. The van der Waals surface area contributed by atoms with E-state index in [9.17, 15) is 4.79 Å². The number of aromatic amines is 1. The second kappa shape index (κ2) is 5.73. The summed E-state index contributed by atoms with van der Waals surface area (Å²) in [5.74, 6) is 0.168. The standard InChI is InChI=1S/C17H23N5O2/c1-12-14(11-21(2)20-12)9-15(23)22-6-4-17(5-7-22)16-13(3-8-24-17)10-18-19-16/h10-11H,3-9H2,1-2H3,(H,18,19). The molecule has 0 saturated carbocycles. The van der Waals surface area contributed by atoms with Gasteiger partial charge in [-0.15, -0.1) is 0 Å². The molecule has 0 aromatic carbocycles. The number of nitrogens with one attached hydrogen (secondary N) is 1. The Hall–Kier alpha value is -2.15. The zero-order chi connectivity index (χ0) is 16.7. The molecule has 4 heterocycles. The van der Waals surface area contributed by atoms with Gasteiger partial charge in [0.15, 0.2) is 0 Å². The maximum absolute atomic E-state index is 12.6. The fourth-order valence-electron chi connectivity index (χ4n) is 3.93. The Labute approximate surface area is 141 Å². The number of H-pyrrole nitrogens is 1. The van der Waals surface area contributed by atoms with Gasteiger partial charge >= 0.3 is 0 Å². The largest absolute Gasteiger partial charge is 0.368 e. The summed E-state index contributed by atoms with van der Waals surface area (Å²) in [6.45, 7) is 4.12. The molecule has 2 aliphatic heterocycles. The lowest BCUT2D eigenvalue weighted by atomic mass is 9.83. The topological polar surface area (TPSA) is 76.0 Å². The van der Waals surface area contributed by atoms with Gasteiger partial charge < -0.3 is 9.64 Å². The van der Waals surface area contributed by atoms with E-state index in [1.54, 1.807) is 4.68 Å². The van der Waals surface area contributed by atoms with Gasteiger partial charge in [-0.25, -0.2) is 0 Å². The molecule has 1 fully saturated rings. The number of aryl methyl sites for hydroxylation is 2. The van der Waals surface area contributed by atoms with Gasteiger partial charge in [0.2, 0.25) is 5.91 Å². The van der Waals surface area contributed by atoms with Crippen LogP contribution in [0.25, 0.3) is 0 Å². The lowest BCUT2D eigenvalue weighted by Gasteiger charge is -2.43. The molecule has 2 aromatic rings. The van der Waals surface area contributed by atoms with Crippen LogP contribution in [-0.2, 0) is 35.0 Å². The molecule has 4 rings (SSSR count). The Balaban J connectivity index is 1.43. The molecular weight excluding hydrogens is 306 g/mol. The monoisotopic (exact) mass is 329 g/mol. The highest BCUT2D eigenvalue weighted by atomic mass is 16.5. The van der Waals surface area contributed by atoms with Gasteiger partial charge in [0.05, 0.1) is 30.6 Å². The molecule has 1 N–H and O–H groups in total. The molecule has 2 aliphatic rings. The van der Waals surface area contributed by atoms with Crippen LogP contribution in [0.2, 0.25) is 0 Å². The van der Waals surface area contributed by atoms with E-state index in [2.05, 4.69) is 15.3 Å². The molecule has 0 atom stereocenters. The first-order valence-corrected chi connectivity index (χ1v) is 8.51. The SMILES string of the molecule is Cc1nn(C)cc1CC(=O)N1CCC2(CC1)OCCc1cn[nH]c12. The van der Waals surface area contributed by atoms with E-state index in [1.807, 2.05) is 31.3 Å². The van der Waals surface area contributed by atoms with Crippen LogP contribution in [-0.4, -0.2) is 50.5 Å². The summed E-state index contributed by atoms with van der Waals surface area (Å²) in [4.78, 5) is 14.6. The number of piperidine rings is 1. The van der Waals surface area contributed by atoms with Crippen LogP contribution in [0.15, 0.2) is 12.4 Å². The lowest BCUT2D eigenvalue weighted by molar-refractivity contribution is -0.140. The molecule has 24 heavy (non-hydrogen) atoms.